The standard InChI is InChI=1S/C26H22NO2P/c1-16(2)30(28)23-14-8-7-13-21(23)26(25-24(30)22(27)15-29-25)19-11-5-3-9-17(19)18-10-4-6-12-20(18)26/h3-16H,27H2,1-2H3. The van der Waals surface area contributed by atoms with Crippen LogP contribution in [0.15, 0.2) is 83.5 Å². The van der Waals surface area contributed by atoms with Gasteiger partial charge in [0.2, 0.25) is 0 Å². The highest BCUT2D eigenvalue weighted by atomic mass is 31.2. The van der Waals surface area contributed by atoms with E-state index in [4.69, 9.17) is 10.2 Å². The lowest BCUT2D eigenvalue weighted by molar-refractivity contribution is 0.468. The van der Waals surface area contributed by atoms with Gasteiger partial charge in [-0.15, -0.1) is 0 Å². The van der Waals surface area contributed by atoms with Gasteiger partial charge in [-0.1, -0.05) is 86.6 Å². The number of furan rings is 1. The summed E-state index contributed by atoms with van der Waals surface area (Å²) in [6.07, 6.45) is 1.58. The molecule has 1 aromatic heterocycles. The Morgan fingerprint density at radius 1 is 0.833 bits per heavy atom. The van der Waals surface area contributed by atoms with Crippen LogP contribution in [0, 0.1) is 0 Å². The number of anilines is 1. The molecule has 148 valence electrons. The molecule has 4 heteroatoms. The Bertz CT molecular complexity index is 1340. The van der Waals surface area contributed by atoms with E-state index in [2.05, 4.69) is 54.6 Å². The largest absolute Gasteiger partial charge is 0.465 e. The van der Waals surface area contributed by atoms with Gasteiger partial charge in [0.25, 0.3) is 0 Å². The predicted octanol–water partition coefficient (Wildman–Crippen LogP) is 5.26. The maximum Gasteiger partial charge on any atom is 0.151 e. The molecule has 0 bridgehead atoms. The van der Waals surface area contributed by atoms with Gasteiger partial charge in [0.1, 0.15) is 17.4 Å². The van der Waals surface area contributed by atoms with E-state index in [-0.39, 0.29) is 5.66 Å². The molecule has 4 aromatic rings. The molecular formula is C26H22NO2P. The van der Waals surface area contributed by atoms with E-state index in [1.54, 1.807) is 6.26 Å². The monoisotopic (exact) mass is 411 g/mol. The van der Waals surface area contributed by atoms with Gasteiger partial charge in [-0.25, -0.2) is 0 Å². The Balaban J connectivity index is 1.88. The van der Waals surface area contributed by atoms with E-state index < -0.39 is 12.6 Å². The van der Waals surface area contributed by atoms with Crippen LogP contribution in [0.4, 0.5) is 5.69 Å². The summed E-state index contributed by atoms with van der Waals surface area (Å²) in [6.45, 7) is 4.03. The molecule has 2 N–H and O–H groups in total. The third-order valence-electron chi connectivity index (χ3n) is 6.81. The van der Waals surface area contributed by atoms with Gasteiger partial charge in [0.05, 0.1) is 11.0 Å². The average Bonchev–Trinajstić information content (AvgIpc) is 3.30. The smallest absolute Gasteiger partial charge is 0.151 e. The molecule has 0 saturated heterocycles. The molecule has 1 atom stereocenters. The second-order valence-corrected chi connectivity index (χ2v) is 11.8. The molecule has 1 aliphatic carbocycles. The molecular weight excluding hydrogens is 389 g/mol. The minimum Gasteiger partial charge on any atom is -0.465 e. The van der Waals surface area contributed by atoms with Crippen LogP contribution < -0.4 is 16.3 Å². The molecule has 1 aliphatic heterocycles. The molecule has 1 unspecified atom stereocenters. The summed E-state index contributed by atoms with van der Waals surface area (Å²) in [7, 11) is -2.98. The summed E-state index contributed by atoms with van der Waals surface area (Å²) < 4.78 is 20.9. The number of rotatable bonds is 1. The van der Waals surface area contributed by atoms with Gasteiger partial charge in [-0.05, 0) is 27.8 Å². The second-order valence-electron chi connectivity index (χ2n) is 8.48. The van der Waals surface area contributed by atoms with Crippen molar-refractivity contribution >= 4 is 23.4 Å². The maximum absolute atomic E-state index is 14.7. The summed E-state index contributed by atoms with van der Waals surface area (Å²) in [5.41, 5.74) is 11.9. The predicted molar refractivity (Wildman–Crippen MR) is 122 cm³/mol. The Labute approximate surface area is 175 Å². The molecule has 6 rings (SSSR count). The molecule has 0 fully saturated rings. The molecule has 2 heterocycles. The van der Waals surface area contributed by atoms with Crippen molar-refractivity contribution in [3.63, 3.8) is 0 Å². The van der Waals surface area contributed by atoms with Crippen LogP contribution in [0.5, 0.6) is 0 Å². The third kappa shape index (κ3) is 1.81. The highest BCUT2D eigenvalue weighted by Gasteiger charge is 2.58. The first kappa shape index (κ1) is 17.8. The summed E-state index contributed by atoms with van der Waals surface area (Å²) in [6, 6.07) is 25.1. The van der Waals surface area contributed by atoms with Crippen molar-refractivity contribution < 1.29 is 8.98 Å². The number of hydrogen-bond donors (Lipinski definition) is 1. The molecule has 2 aliphatic rings. The van der Waals surface area contributed by atoms with Gasteiger partial charge in [-0.3, -0.25) is 0 Å². The molecule has 3 nitrogen and oxygen atoms in total. The molecule has 3 aromatic carbocycles. The van der Waals surface area contributed by atoms with Crippen LogP contribution >= 0.6 is 7.14 Å². The molecule has 1 spiro atoms. The number of nitrogen functional groups attached to an aromatic ring is 1. The van der Waals surface area contributed by atoms with E-state index in [1.807, 2.05) is 32.0 Å². The quantitative estimate of drug-likeness (QED) is 0.383. The average molecular weight is 411 g/mol. The van der Waals surface area contributed by atoms with Crippen molar-refractivity contribution in [2.24, 2.45) is 0 Å². The highest BCUT2D eigenvalue weighted by molar-refractivity contribution is 7.79. The van der Waals surface area contributed by atoms with Crippen LogP contribution in [0.25, 0.3) is 11.1 Å². The lowest BCUT2D eigenvalue weighted by Gasteiger charge is -2.41. The zero-order chi connectivity index (χ0) is 20.7. The van der Waals surface area contributed by atoms with Gasteiger partial charge in [-0.2, -0.15) is 0 Å². The van der Waals surface area contributed by atoms with Crippen LogP contribution in [0.1, 0.15) is 36.3 Å². The van der Waals surface area contributed by atoms with Crippen LogP contribution in [0.3, 0.4) is 0 Å². The molecule has 0 saturated carbocycles. The zero-order valence-electron chi connectivity index (χ0n) is 16.9. The van der Waals surface area contributed by atoms with E-state index in [9.17, 15) is 4.57 Å². The Kier molecular flexibility index (Phi) is 3.42. The fourth-order valence-corrected chi connectivity index (χ4v) is 8.78. The SMILES string of the molecule is CC(C)P1(=O)c2ccccc2C2(c3ccccc3-c3ccccc32)c2occ(N)c21. The molecule has 0 radical (unpaired) electrons. The van der Waals surface area contributed by atoms with Crippen molar-refractivity contribution in [3.05, 3.63) is 102 Å². The molecule has 30 heavy (non-hydrogen) atoms. The van der Waals surface area contributed by atoms with Gasteiger partial charge in [0.15, 0.2) is 7.14 Å². The number of hydrogen-bond acceptors (Lipinski definition) is 3. The van der Waals surface area contributed by atoms with E-state index in [0.717, 1.165) is 22.0 Å². The fourth-order valence-electron chi connectivity index (χ4n) is 5.60. The van der Waals surface area contributed by atoms with Crippen LogP contribution in [-0.2, 0) is 9.98 Å². The van der Waals surface area contributed by atoms with Crippen molar-refractivity contribution in [1.29, 1.82) is 0 Å². The normalized spacial score (nSPS) is 20.0. The Morgan fingerprint density at radius 2 is 1.37 bits per heavy atom. The zero-order valence-corrected chi connectivity index (χ0v) is 17.8. The summed E-state index contributed by atoms with van der Waals surface area (Å²) in [5.74, 6) is 0.716. The van der Waals surface area contributed by atoms with E-state index >= 15 is 0 Å². The van der Waals surface area contributed by atoms with Gasteiger partial charge in [0, 0.05) is 11.0 Å². The fraction of sp³-hybridized carbons (Fsp3) is 0.154. The Morgan fingerprint density at radius 3 is 1.97 bits per heavy atom. The minimum atomic E-state index is -2.98. The van der Waals surface area contributed by atoms with Crippen molar-refractivity contribution in [2.45, 2.75) is 24.9 Å². The van der Waals surface area contributed by atoms with E-state index in [0.29, 0.717) is 16.8 Å². The minimum absolute atomic E-state index is 0.0819. The lowest BCUT2D eigenvalue weighted by atomic mass is 9.70. The summed E-state index contributed by atoms with van der Waals surface area (Å²) in [5, 5.41) is 1.59. The lowest BCUT2D eigenvalue weighted by Crippen LogP contribution is -2.44. The summed E-state index contributed by atoms with van der Waals surface area (Å²) >= 11 is 0. The maximum atomic E-state index is 14.7. The molecule has 0 amide bonds. The first-order valence-corrected chi connectivity index (χ1v) is 12.1. The summed E-state index contributed by atoms with van der Waals surface area (Å²) in [4.78, 5) is 0. The van der Waals surface area contributed by atoms with Crippen molar-refractivity contribution in [3.8, 4) is 11.1 Å². The van der Waals surface area contributed by atoms with Crippen molar-refractivity contribution in [1.82, 2.24) is 0 Å². The topological polar surface area (TPSA) is 56.2 Å². The van der Waals surface area contributed by atoms with Gasteiger partial charge >= 0.3 is 0 Å². The Hall–Kier alpha value is -3.03. The second kappa shape index (κ2) is 5.77. The first-order chi connectivity index (χ1) is 14.5. The number of nitrogens with two attached hydrogens (primary N) is 1. The van der Waals surface area contributed by atoms with E-state index in [1.165, 1.54) is 11.1 Å². The van der Waals surface area contributed by atoms with Crippen LogP contribution in [-0.4, -0.2) is 5.66 Å². The third-order valence-corrected chi connectivity index (χ3v) is 10.5. The first-order valence-electron chi connectivity index (χ1n) is 10.3. The number of fused-ring (bicyclic) bond motifs is 9. The van der Waals surface area contributed by atoms with Gasteiger partial charge < -0.3 is 14.7 Å². The highest BCUT2D eigenvalue weighted by Crippen LogP contribution is 2.64. The van der Waals surface area contributed by atoms with Crippen LogP contribution in [0.2, 0.25) is 0 Å². The van der Waals surface area contributed by atoms with Crippen molar-refractivity contribution in [2.75, 3.05) is 5.73 Å². The number of benzene rings is 3.